The molecule has 13 heavy (non-hydrogen) atoms. The lowest BCUT2D eigenvalue weighted by molar-refractivity contribution is -0.139. The number of carbonyl (C=O) groups excluding carboxylic acids is 1. The van der Waals surface area contributed by atoms with Crippen molar-refractivity contribution in [3.63, 3.8) is 0 Å². The SMILES string of the molecule is COC(=O)Cc1c(C)cncc1Cl. The summed E-state index contributed by atoms with van der Waals surface area (Å²) in [6.07, 6.45) is 3.39. The summed E-state index contributed by atoms with van der Waals surface area (Å²) < 4.78 is 4.55. The van der Waals surface area contributed by atoms with Gasteiger partial charge in [-0.3, -0.25) is 9.78 Å². The molecule has 0 fully saturated rings. The lowest BCUT2D eigenvalue weighted by atomic mass is 10.1. The molecular formula is C9H10ClNO2. The predicted octanol–water partition coefficient (Wildman–Crippen LogP) is 1.76. The zero-order chi connectivity index (χ0) is 9.84. The van der Waals surface area contributed by atoms with E-state index in [-0.39, 0.29) is 12.4 Å². The summed E-state index contributed by atoms with van der Waals surface area (Å²) in [5, 5.41) is 0.505. The fourth-order valence-corrected chi connectivity index (χ4v) is 1.27. The zero-order valence-electron chi connectivity index (χ0n) is 7.50. The van der Waals surface area contributed by atoms with E-state index in [1.54, 1.807) is 6.20 Å². The molecule has 1 aromatic heterocycles. The first-order chi connectivity index (χ1) is 6.15. The van der Waals surface area contributed by atoms with E-state index in [2.05, 4.69) is 9.72 Å². The van der Waals surface area contributed by atoms with Gasteiger partial charge in [0.25, 0.3) is 0 Å². The normalized spacial score (nSPS) is 9.77. The largest absolute Gasteiger partial charge is 0.469 e. The average molecular weight is 200 g/mol. The molecule has 1 heterocycles. The molecule has 0 aliphatic rings. The number of nitrogens with zero attached hydrogens (tertiary/aromatic N) is 1. The Morgan fingerprint density at radius 1 is 1.62 bits per heavy atom. The van der Waals surface area contributed by atoms with Crippen molar-refractivity contribution < 1.29 is 9.53 Å². The van der Waals surface area contributed by atoms with Gasteiger partial charge in [0.2, 0.25) is 0 Å². The van der Waals surface area contributed by atoms with Crippen LogP contribution in [0.5, 0.6) is 0 Å². The predicted molar refractivity (Wildman–Crippen MR) is 49.7 cm³/mol. The number of hydrogen-bond acceptors (Lipinski definition) is 3. The fraction of sp³-hybridized carbons (Fsp3) is 0.333. The van der Waals surface area contributed by atoms with Crippen LogP contribution < -0.4 is 0 Å². The summed E-state index contributed by atoms with van der Waals surface area (Å²) >= 11 is 5.86. The number of carbonyl (C=O) groups is 1. The molecule has 0 atom stereocenters. The van der Waals surface area contributed by atoms with Gasteiger partial charge < -0.3 is 4.74 Å². The fourth-order valence-electron chi connectivity index (χ4n) is 0.999. The van der Waals surface area contributed by atoms with Crippen molar-refractivity contribution in [1.29, 1.82) is 0 Å². The molecule has 0 bridgehead atoms. The van der Waals surface area contributed by atoms with E-state index in [1.807, 2.05) is 6.92 Å². The molecule has 4 heteroatoms. The highest BCUT2D eigenvalue weighted by molar-refractivity contribution is 6.31. The molecule has 0 N–H and O–H groups in total. The molecule has 0 saturated carbocycles. The van der Waals surface area contributed by atoms with Gasteiger partial charge in [-0.25, -0.2) is 0 Å². The maximum atomic E-state index is 11.0. The Morgan fingerprint density at radius 2 is 2.31 bits per heavy atom. The van der Waals surface area contributed by atoms with Crippen molar-refractivity contribution in [2.24, 2.45) is 0 Å². The van der Waals surface area contributed by atoms with Crippen molar-refractivity contribution >= 4 is 17.6 Å². The Kier molecular flexibility index (Phi) is 3.25. The zero-order valence-corrected chi connectivity index (χ0v) is 8.26. The van der Waals surface area contributed by atoms with E-state index in [4.69, 9.17) is 11.6 Å². The Morgan fingerprint density at radius 3 is 2.85 bits per heavy atom. The summed E-state index contributed by atoms with van der Waals surface area (Å²) in [4.78, 5) is 14.9. The number of aryl methyl sites for hydroxylation is 1. The maximum Gasteiger partial charge on any atom is 0.310 e. The number of hydrogen-bond donors (Lipinski definition) is 0. The van der Waals surface area contributed by atoms with Gasteiger partial charge >= 0.3 is 5.97 Å². The third-order valence-corrected chi connectivity index (χ3v) is 2.09. The summed E-state index contributed by atoms with van der Waals surface area (Å²) in [6.45, 7) is 1.86. The van der Waals surface area contributed by atoms with Crippen LogP contribution in [0.4, 0.5) is 0 Å². The molecule has 70 valence electrons. The topological polar surface area (TPSA) is 39.2 Å². The third-order valence-electron chi connectivity index (χ3n) is 1.77. The van der Waals surface area contributed by atoms with Crippen LogP contribution >= 0.6 is 11.6 Å². The Labute approximate surface area is 81.7 Å². The first-order valence-electron chi connectivity index (χ1n) is 3.81. The van der Waals surface area contributed by atoms with E-state index in [0.717, 1.165) is 11.1 Å². The molecule has 1 rings (SSSR count). The minimum atomic E-state index is -0.295. The second kappa shape index (κ2) is 4.23. The van der Waals surface area contributed by atoms with E-state index in [0.29, 0.717) is 5.02 Å². The second-order valence-corrected chi connectivity index (χ2v) is 3.08. The molecule has 1 aromatic rings. The number of rotatable bonds is 2. The van der Waals surface area contributed by atoms with E-state index in [9.17, 15) is 4.79 Å². The Hall–Kier alpha value is -1.09. The Bertz CT molecular complexity index is 305. The first-order valence-corrected chi connectivity index (χ1v) is 4.18. The number of ether oxygens (including phenoxy) is 1. The summed E-state index contributed by atoms with van der Waals surface area (Å²) in [5.74, 6) is -0.295. The Balaban J connectivity index is 2.93. The van der Waals surface area contributed by atoms with Crippen molar-refractivity contribution in [1.82, 2.24) is 4.98 Å². The average Bonchev–Trinajstić information content (AvgIpc) is 2.11. The lowest BCUT2D eigenvalue weighted by Gasteiger charge is -2.05. The molecule has 0 spiro atoms. The van der Waals surface area contributed by atoms with Crippen LogP contribution in [-0.2, 0) is 16.0 Å². The van der Waals surface area contributed by atoms with Crippen LogP contribution in [0.2, 0.25) is 5.02 Å². The van der Waals surface area contributed by atoms with Crippen LogP contribution in [0.3, 0.4) is 0 Å². The standard InChI is InChI=1S/C9H10ClNO2/c1-6-4-11-5-8(10)7(6)3-9(12)13-2/h4-5H,3H2,1-2H3. The van der Waals surface area contributed by atoms with Crippen molar-refractivity contribution in [2.75, 3.05) is 7.11 Å². The van der Waals surface area contributed by atoms with Crippen LogP contribution in [0.15, 0.2) is 12.4 Å². The third kappa shape index (κ3) is 2.42. The van der Waals surface area contributed by atoms with Crippen LogP contribution in [0.1, 0.15) is 11.1 Å². The number of pyridine rings is 1. The van der Waals surface area contributed by atoms with Gasteiger partial charge in [-0.05, 0) is 18.1 Å². The second-order valence-electron chi connectivity index (χ2n) is 2.67. The highest BCUT2D eigenvalue weighted by Crippen LogP contribution is 2.18. The van der Waals surface area contributed by atoms with E-state index >= 15 is 0 Å². The van der Waals surface area contributed by atoms with Crippen molar-refractivity contribution in [2.45, 2.75) is 13.3 Å². The number of halogens is 1. The van der Waals surface area contributed by atoms with Gasteiger partial charge in [0.1, 0.15) is 0 Å². The van der Waals surface area contributed by atoms with E-state index in [1.165, 1.54) is 13.3 Å². The van der Waals surface area contributed by atoms with Crippen LogP contribution in [0, 0.1) is 6.92 Å². The van der Waals surface area contributed by atoms with Crippen molar-refractivity contribution in [3.8, 4) is 0 Å². The molecule has 0 aliphatic carbocycles. The van der Waals surface area contributed by atoms with Gasteiger partial charge in [-0.15, -0.1) is 0 Å². The van der Waals surface area contributed by atoms with Crippen LogP contribution in [-0.4, -0.2) is 18.1 Å². The number of aromatic nitrogens is 1. The number of methoxy groups -OCH3 is 1. The molecule has 0 aliphatic heterocycles. The highest BCUT2D eigenvalue weighted by atomic mass is 35.5. The van der Waals surface area contributed by atoms with Crippen molar-refractivity contribution in [3.05, 3.63) is 28.5 Å². The minimum Gasteiger partial charge on any atom is -0.469 e. The summed E-state index contributed by atoms with van der Waals surface area (Å²) in [5.41, 5.74) is 1.68. The first kappa shape index (κ1) is 9.99. The van der Waals surface area contributed by atoms with Gasteiger partial charge in [0.05, 0.1) is 18.6 Å². The van der Waals surface area contributed by atoms with Gasteiger partial charge in [-0.1, -0.05) is 11.6 Å². The monoisotopic (exact) mass is 199 g/mol. The maximum absolute atomic E-state index is 11.0. The van der Waals surface area contributed by atoms with Crippen LogP contribution in [0.25, 0.3) is 0 Å². The molecule has 3 nitrogen and oxygen atoms in total. The minimum absolute atomic E-state index is 0.198. The molecule has 0 aromatic carbocycles. The smallest absolute Gasteiger partial charge is 0.310 e. The molecule has 0 amide bonds. The van der Waals surface area contributed by atoms with Gasteiger partial charge in [-0.2, -0.15) is 0 Å². The van der Waals surface area contributed by atoms with Gasteiger partial charge in [0.15, 0.2) is 0 Å². The quantitative estimate of drug-likeness (QED) is 0.682. The van der Waals surface area contributed by atoms with E-state index < -0.39 is 0 Å². The van der Waals surface area contributed by atoms with Gasteiger partial charge in [0, 0.05) is 12.4 Å². The number of esters is 1. The molecular weight excluding hydrogens is 190 g/mol. The summed E-state index contributed by atoms with van der Waals surface area (Å²) in [6, 6.07) is 0. The molecule has 0 radical (unpaired) electrons. The summed E-state index contributed by atoms with van der Waals surface area (Å²) in [7, 11) is 1.35. The molecule has 0 unspecified atom stereocenters. The lowest BCUT2D eigenvalue weighted by Crippen LogP contribution is -2.06. The highest BCUT2D eigenvalue weighted by Gasteiger charge is 2.09. The molecule has 0 saturated heterocycles.